The van der Waals surface area contributed by atoms with Crippen LogP contribution in [0, 0.1) is 0 Å². The maximum Gasteiger partial charge on any atom is 0.352 e. The van der Waals surface area contributed by atoms with Crippen LogP contribution < -0.4 is 10.1 Å². The van der Waals surface area contributed by atoms with Crippen molar-refractivity contribution in [3.8, 4) is 5.75 Å². The van der Waals surface area contributed by atoms with Gasteiger partial charge in [0.1, 0.15) is 17.2 Å². The maximum atomic E-state index is 12.4. The molecule has 0 aliphatic heterocycles. The van der Waals surface area contributed by atoms with Gasteiger partial charge in [-0.15, -0.1) is 0 Å². The summed E-state index contributed by atoms with van der Waals surface area (Å²) in [5.74, 6) is -1.04. The number of hydrogen-bond acceptors (Lipinski definition) is 3. The van der Waals surface area contributed by atoms with Crippen LogP contribution in [-0.4, -0.2) is 17.0 Å². The summed E-state index contributed by atoms with van der Waals surface area (Å²) < 4.78 is 5.82. The molecule has 6 heteroatoms. The number of carbonyl (C=O) groups is 2. The summed E-state index contributed by atoms with van der Waals surface area (Å²) in [6, 6.07) is 15.3. The molecule has 0 saturated carbocycles. The number of para-hydroxylation sites is 1. The molecule has 0 heterocycles. The number of ether oxygens (including phenoxy) is 1. The van der Waals surface area contributed by atoms with Gasteiger partial charge in [0.15, 0.2) is 0 Å². The second kappa shape index (κ2) is 8.38. The van der Waals surface area contributed by atoms with Gasteiger partial charge < -0.3 is 15.2 Å². The molecular formula is C21H16ClNO4. The molecule has 1 amide bonds. The van der Waals surface area contributed by atoms with E-state index in [2.05, 4.69) is 5.32 Å². The van der Waals surface area contributed by atoms with Crippen LogP contribution in [0.5, 0.6) is 5.75 Å². The summed E-state index contributed by atoms with van der Waals surface area (Å²) in [5, 5.41) is 12.5. The fraction of sp³-hybridized carbons (Fsp3) is 0.0476. The second-order valence-corrected chi connectivity index (χ2v) is 6.08. The lowest BCUT2D eigenvalue weighted by Crippen LogP contribution is -2.29. The van der Waals surface area contributed by atoms with Gasteiger partial charge in [-0.1, -0.05) is 54.1 Å². The van der Waals surface area contributed by atoms with Gasteiger partial charge in [-0.2, -0.15) is 0 Å². The number of carboxylic acid groups (broad SMARTS) is 1. The van der Waals surface area contributed by atoms with Crippen LogP contribution in [0.2, 0.25) is 5.02 Å². The van der Waals surface area contributed by atoms with Crippen molar-refractivity contribution in [3.05, 3.63) is 100 Å². The van der Waals surface area contributed by atoms with Crippen molar-refractivity contribution in [3.63, 3.8) is 0 Å². The van der Waals surface area contributed by atoms with Crippen LogP contribution in [0.15, 0.2) is 89.9 Å². The van der Waals surface area contributed by atoms with Gasteiger partial charge in [-0.3, -0.25) is 4.79 Å². The Morgan fingerprint density at radius 1 is 1.04 bits per heavy atom. The minimum Gasteiger partial charge on any atom is -0.477 e. The Bertz CT molecular complexity index is 961. The third kappa shape index (κ3) is 4.46. The first kappa shape index (κ1) is 18.5. The van der Waals surface area contributed by atoms with Gasteiger partial charge in [0, 0.05) is 11.1 Å². The van der Waals surface area contributed by atoms with Gasteiger partial charge in [-0.25, -0.2) is 4.79 Å². The number of allylic oxidation sites excluding steroid dienone is 4. The molecule has 2 N–H and O–H groups in total. The lowest BCUT2D eigenvalue weighted by atomic mass is 10.0. The van der Waals surface area contributed by atoms with Gasteiger partial charge in [-0.05, 0) is 36.8 Å². The highest BCUT2D eigenvalue weighted by molar-refractivity contribution is 6.32. The predicted octanol–water partition coefficient (Wildman–Crippen LogP) is 4.33. The van der Waals surface area contributed by atoms with Crippen molar-refractivity contribution in [1.82, 2.24) is 5.32 Å². The first-order chi connectivity index (χ1) is 13.1. The number of halogens is 1. The largest absolute Gasteiger partial charge is 0.477 e. The van der Waals surface area contributed by atoms with Crippen molar-refractivity contribution >= 4 is 23.5 Å². The van der Waals surface area contributed by atoms with E-state index in [4.69, 9.17) is 16.3 Å². The van der Waals surface area contributed by atoms with Crippen molar-refractivity contribution < 1.29 is 19.4 Å². The zero-order valence-corrected chi connectivity index (χ0v) is 14.9. The molecule has 3 rings (SSSR count). The Labute approximate surface area is 161 Å². The molecule has 27 heavy (non-hydrogen) atoms. The number of rotatable bonds is 5. The molecule has 2 aromatic carbocycles. The summed E-state index contributed by atoms with van der Waals surface area (Å²) in [6.45, 7) is 0. The number of hydrogen-bond donors (Lipinski definition) is 2. The normalized spacial score (nSPS) is 14.9. The Morgan fingerprint density at radius 2 is 1.74 bits per heavy atom. The summed E-state index contributed by atoms with van der Waals surface area (Å²) in [7, 11) is 0. The summed E-state index contributed by atoms with van der Waals surface area (Å²) in [5.41, 5.74) is 0.487. The molecule has 0 spiro atoms. The van der Waals surface area contributed by atoms with E-state index in [1.807, 2.05) is 0 Å². The van der Waals surface area contributed by atoms with Crippen molar-refractivity contribution in [2.45, 2.75) is 6.42 Å². The first-order valence-corrected chi connectivity index (χ1v) is 8.56. The Kier molecular flexibility index (Phi) is 5.74. The number of nitrogens with one attached hydrogen (secondary N) is 1. The highest BCUT2D eigenvalue weighted by Gasteiger charge is 2.23. The quantitative estimate of drug-likeness (QED) is 0.756. The summed E-state index contributed by atoms with van der Waals surface area (Å²) >= 11 is 6.13. The SMILES string of the molecule is O=C(O)C(NC(=O)c1ccccc1)=C1CC=CC=C1Oc1ccccc1Cl. The Balaban J connectivity index is 1.94. The molecule has 0 unspecified atom stereocenters. The van der Waals surface area contributed by atoms with Crippen molar-refractivity contribution in [1.29, 1.82) is 0 Å². The number of carbonyl (C=O) groups excluding carboxylic acids is 1. The van der Waals surface area contributed by atoms with E-state index < -0.39 is 11.9 Å². The molecule has 2 aromatic rings. The molecule has 1 aliphatic rings. The van der Waals surface area contributed by atoms with E-state index in [1.165, 1.54) is 0 Å². The number of amides is 1. The zero-order valence-electron chi connectivity index (χ0n) is 14.2. The lowest BCUT2D eigenvalue weighted by molar-refractivity contribution is -0.133. The molecule has 0 fully saturated rings. The average molecular weight is 382 g/mol. The highest BCUT2D eigenvalue weighted by atomic mass is 35.5. The fourth-order valence-corrected chi connectivity index (χ4v) is 2.72. The van der Waals surface area contributed by atoms with E-state index in [0.717, 1.165) is 0 Å². The zero-order chi connectivity index (χ0) is 19.2. The Morgan fingerprint density at radius 3 is 2.44 bits per heavy atom. The minimum atomic E-state index is -1.25. The van der Waals surface area contributed by atoms with Crippen LogP contribution in [0.4, 0.5) is 0 Å². The van der Waals surface area contributed by atoms with Crippen LogP contribution in [-0.2, 0) is 4.79 Å². The molecule has 0 radical (unpaired) electrons. The molecule has 0 bridgehead atoms. The molecule has 1 aliphatic carbocycles. The maximum absolute atomic E-state index is 12.4. The minimum absolute atomic E-state index is 0.230. The third-order valence-electron chi connectivity index (χ3n) is 3.85. The van der Waals surface area contributed by atoms with E-state index in [9.17, 15) is 14.7 Å². The molecular weight excluding hydrogens is 366 g/mol. The molecule has 0 saturated heterocycles. The standard InChI is InChI=1S/C21H16ClNO4/c22-16-11-5-7-13-18(16)27-17-12-6-4-10-15(17)19(21(25)26)23-20(24)14-8-2-1-3-9-14/h1-9,11-13H,10H2,(H,23,24)(H,25,26). The monoisotopic (exact) mass is 381 g/mol. The average Bonchev–Trinajstić information content (AvgIpc) is 2.69. The number of aliphatic carboxylic acids is 1. The van der Waals surface area contributed by atoms with Gasteiger partial charge in [0.2, 0.25) is 0 Å². The number of carboxylic acids is 1. The number of benzene rings is 2. The third-order valence-corrected chi connectivity index (χ3v) is 4.16. The van der Waals surface area contributed by atoms with Crippen LogP contribution in [0.1, 0.15) is 16.8 Å². The van der Waals surface area contributed by atoms with E-state index in [-0.39, 0.29) is 5.70 Å². The van der Waals surface area contributed by atoms with Crippen LogP contribution in [0.25, 0.3) is 0 Å². The molecule has 5 nitrogen and oxygen atoms in total. The first-order valence-electron chi connectivity index (χ1n) is 8.18. The summed E-state index contributed by atoms with van der Waals surface area (Å²) in [6.07, 6.45) is 5.48. The van der Waals surface area contributed by atoms with Gasteiger partial charge in [0.05, 0.1) is 5.02 Å². The van der Waals surface area contributed by atoms with Crippen molar-refractivity contribution in [2.75, 3.05) is 0 Å². The van der Waals surface area contributed by atoms with E-state index in [1.54, 1.807) is 72.8 Å². The molecule has 0 aromatic heterocycles. The predicted molar refractivity (Wildman–Crippen MR) is 102 cm³/mol. The molecule has 0 atom stereocenters. The molecule has 136 valence electrons. The second-order valence-electron chi connectivity index (χ2n) is 5.67. The van der Waals surface area contributed by atoms with Gasteiger partial charge >= 0.3 is 5.97 Å². The van der Waals surface area contributed by atoms with E-state index >= 15 is 0 Å². The topological polar surface area (TPSA) is 75.6 Å². The van der Waals surface area contributed by atoms with Crippen molar-refractivity contribution in [2.24, 2.45) is 0 Å². The smallest absolute Gasteiger partial charge is 0.352 e. The van der Waals surface area contributed by atoms with E-state index in [0.29, 0.717) is 34.1 Å². The van der Waals surface area contributed by atoms with Crippen LogP contribution >= 0.6 is 11.6 Å². The van der Waals surface area contributed by atoms with Gasteiger partial charge in [0.25, 0.3) is 5.91 Å². The van der Waals surface area contributed by atoms with Crippen LogP contribution in [0.3, 0.4) is 0 Å². The Hall–Kier alpha value is -3.31. The highest BCUT2D eigenvalue weighted by Crippen LogP contribution is 2.30. The fourth-order valence-electron chi connectivity index (χ4n) is 2.54. The summed E-state index contributed by atoms with van der Waals surface area (Å²) in [4.78, 5) is 24.2. The lowest BCUT2D eigenvalue weighted by Gasteiger charge is -2.18.